The Balaban J connectivity index is 2.42. The van der Waals surface area contributed by atoms with Crippen molar-refractivity contribution in [3.63, 3.8) is 0 Å². The van der Waals surface area contributed by atoms with Crippen molar-refractivity contribution in [3.05, 3.63) is 33.4 Å². The minimum Gasteiger partial charge on any atom is -0.481 e. The fourth-order valence-corrected chi connectivity index (χ4v) is 3.11. The highest BCUT2D eigenvalue weighted by atomic mass is 123. The number of aliphatic carboxylic acids is 2. The van der Waals surface area contributed by atoms with Crippen molar-refractivity contribution >= 4 is 52.3 Å². The highest BCUT2D eigenvalue weighted by Gasteiger charge is 2.25. The average molecular weight is 544 g/mol. The number of ketones is 1. The number of benzene rings is 1. The van der Waals surface area contributed by atoms with Gasteiger partial charge < -0.3 is 25.6 Å². The van der Waals surface area contributed by atoms with Crippen LogP contribution in [0.4, 0.5) is 4.79 Å². The third kappa shape index (κ3) is 10.8. The molecule has 0 saturated heterocycles. The molecule has 0 heterocycles. The molecule has 4 N–H and O–H groups in total. The number of hydrogen-bond donors (Lipinski definition) is 4. The Labute approximate surface area is 192 Å². The second-order valence-corrected chi connectivity index (χ2v) is 7.98. The van der Waals surface area contributed by atoms with Crippen molar-refractivity contribution in [2.45, 2.75) is 51.2 Å². The van der Waals surface area contributed by atoms with Crippen LogP contribution in [0.1, 0.15) is 49.4 Å². The Morgan fingerprint density at radius 1 is 1.10 bits per heavy atom. The largest absolute Gasteiger partial charge is 0.481 e. The number of halogens is 1. The molecule has 31 heavy (non-hydrogen) atoms. The van der Waals surface area contributed by atoms with Gasteiger partial charge in [0.05, 0.1) is 6.04 Å². The van der Waals surface area contributed by atoms with Gasteiger partial charge >= 0.3 is 18.0 Å². The first kappa shape index (κ1) is 26.3. The first-order valence-electron chi connectivity index (χ1n) is 9.56. The number of alkyl carbamates (subject to hydrolysis) is 1. The standard InChI is InChI=1S/C20H25IN2O8/c1-12(24)15(8-9-17(25)26)23-20(30)31-16(19(28)29)7-2-3-10-22-18(27)13-5-4-6-14(21)11-13/h4-6,11,15-16H,2-3,7-10H2,1H3,(H,22,27)(H,23,30)(H,25,26)(H,28,29)/t15-,16-/m0/s1/i21-4. The maximum Gasteiger partial charge on any atom is 0.408 e. The fraction of sp³-hybridized carbons (Fsp3) is 0.450. The van der Waals surface area contributed by atoms with Crippen LogP contribution in [-0.4, -0.2) is 58.6 Å². The molecule has 170 valence electrons. The molecule has 0 bridgehead atoms. The highest BCUT2D eigenvalue weighted by molar-refractivity contribution is 14.1. The molecule has 2 atom stereocenters. The third-order valence-electron chi connectivity index (χ3n) is 4.22. The number of carboxylic acid groups (broad SMARTS) is 2. The zero-order valence-electron chi connectivity index (χ0n) is 16.9. The molecule has 11 heteroatoms. The molecule has 0 aliphatic heterocycles. The molecular weight excluding hydrogens is 519 g/mol. The van der Waals surface area contributed by atoms with E-state index in [1.54, 1.807) is 18.2 Å². The van der Waals surface area contributed by atoms with Crippen molar-refractivity contribution in [1.82, 2.24) is 10.6 Å². The molecule has 0 saturated carbocycles. The lowest BCUT2D eigenvalue weighted by molar-refractivity contribution is -0.147. The van der Waals surface area contributed by atoms with Crippen LogP contribution in [0.5, 0.6) is 0 Å². The Morgan fingerprint density at radius 2 is 1.81 bits per heavy atom. The summed E-state index contributed by atoms with van der Waals surface area (Å²) < 4.78 is 5.80. The molecule has 1 aromatic carbocycles. The van der Waals surface area contributed by atoms with Gasteiger partial charge in [0.15, 0.2) is 5.78 Å². The maximum absolute atomic E-state index is 12.1. The van der Waals surface area contributed by atoms with E-state index in [0.717, 1.165) is 3.57 Å². The summed E-state index contributed by atoms with van der Waals surface area (Å²) in [5.41, 5.74) is 0.526. The zero-order chi connectivity index (χ0) is 23.4. The number of amides is 2. The van der Waals surface area contributed by atoms with Crippen molar-refractivity contribution < 1.29 is 38.9 Å². The van der Waals surface area contributed by atoms with E-state index < -0.39 is 36.0 Å². The second kappa shape index (κ2) is 13.6. The van der Waals surface area contributed by atoms with Crippen LogP contribution in [0.2, 0.25) is 0 Å². The van der Waals surface area contributed by atoms with Crippen molar-refractivity contribution in [2.75, 3.05) is 6.54 Å². The van der Waals surface area contributed by atoms with Crippen molar-refractivity contribution in [3.8, 4) is 0 Å². The highest BCUT2D eigenvalue weighted by Crippen LogP contribution is 2.09. The summed E-state index contributed by atoms with van der Waals surface area (Å²) in [7, 11) is 0. The quantitative estimate of drug-likeness (QED) is 0.217. The molecule has 0 aliphatic rings. The van der Waals surface area contributed by atoms with Gasteiger partial charge in [0.25, 0.3) is 5.91 Å². The number of Topliss-reactive ketones (excluding diaryl/α,β-unsaturated/α-hetero) is 1. The van der Waals surface area contributed by atoms with Gasteiger partial charge in [-0.15, -0.1) is 0 Å². The Bertz CT molecular complexity index is 814. The summed E-state index contributed by atoms with van der Waals surface area (Å²) in [6, 6.07) is 6.00. The first-order valence-corrected chi connectivity index (χ1v) is 10.6. The summed E-state index contributed by atoms with van der Waals surface area (Å²) in [5.74, 6) is -3.17. The Morgan fingerprint density at radius 3 is 2.39 bits per heavy atom. The number of nitrogens with one attached hydrogen (secondary N) is 2. The average Bonchev–Trinajstić information content (AvgIpc) is 2.69. The summed E-state index contributed by atoms with van der Waals surface area (Å²) in [6.07, 6.45) is -2.14. The van der Waals surface area contributed by atoms with Crippen LogP contribution in [0.3, 0.4) is 0 Å². The second-order valence-electron chi connectivity index (χ2n) is 6.73. The van der Waals surface area contributed by atoms with Crippen LogP contribution >= 0.6 is 22.6 Å². The number of hydrogen-bond acceptors (Lipinski definition) is 6. The Hall–Kier alpha value is -2.70. The molecule has 1 rings (SSSR count). The van der Waals surface area contributed by atoms with Gasteiger partial charge in [-0.25, -0.2) is 9.59 Å². The smallest absolute Gasteiger partial charge is 0.408 e. The van der Waals surface area contributed by atoms with E-state index in [1.807, 2.05) is 6.07 Å². The fourth-order valence-electron chi connectivity index (χ4n) is 2.57. The third-order valence-corrected chi connectivity index (χ3v) is 4.89. The summed E-state index contributed by atoms with van der Waals surface area (Å²) in [6.45, 7) is 1.51. The maximum atomic E-state index is 12.1. The monoisotopic (exact) mass is 544 g/mol. The Kier molecular flexibility index (Phi) is 11.5. The summed E-state index contributed by atoms with van der Waals surface area (Å²) in [5, 5.41) is 22.9. The van der Waals surface area contributed by atoms with Crippen molar-refractivity contribution in [1.29, 1.82) is 0 Å². The SMILES string of the molecule is CC(=O)[C@H](CCC(=O)O)NC(=O)O[C@@H](CCCCNC(=O)c1cccc([123I])c1)C(=O)O. The van der Waals surface area contributed by atoms with E-state index in [9.17, 15) is 29.1 Å². The number of carboxylic acids is 2. The van der Waals surface area contributed by atoms with Crippen LogP contribution < -0.4 is 10.6 Å². The van der Waals surface area contributed by atoms with Crippen LogP contribution in [0, 0.1) is 3.57 Å². The van der Waals surface area contributed by atoms with Crippen LogP contribution in [0.25, 0.3) is 0 Å². The normalized spacial score (nSPS) is 12.3. The minimum absolute atomic E-state index is 0.0156. The van der Waals surface area contributed by atoms with Crippen LogP contribution in [-0.2, 0) is 19.1 Å². The molecule has 10 nitrogen and oxygen atoms in total. The minimum atomic E-state index is -1.43. The lowest BCUT2D eigenvalue weighted by Crippen LogP contribution is -2.42. The number of carbonyl (C=O) groups excluding carboxylic acids is 3. The van der Waals surface area contributed by atoms with E-state index >= 15 is 0 Å². The van der Waals surface area contributed by atoms with Gasteiger partial charge in [-0.05, 0) is 73.4 Å². The lowest BCUT2D eigenvalue weighted by Gasteiger charge is -2.18. The molecule has 1 aromatic rings. The van der Waals surface area contributed by atoms with Gasteiger partial charge in [-0.3, -0.25) is 14.4 Å². The number of carbonyl (C=O) groups is 5. The lowest BCUT2D eigenvalue weighted by atomic mass is 10.1. The first-order chi connectivity index (χ1) is 14.6. The van der Waals surface area contributed by atoms with E-state index in [0.29, 0.717) is 24.9 Å². The molecule has 0 aliphatic carbocycles. The zero-order valence-corrected chi connectivity index (χ0v) is 19.1. The van der Waals surface area contributed by atoms with Gasteiger partial charge in [-0.2, -0.15) is 0 Å². The topological polar surface area (TPSA) is 159 Å². The van der Waals surface area contributed by atoms with Gasteiger partial charge in [0, 0.05) is 22.1 Å². The predicted molar refractivity (Wildman–Crippen MR) is 118 cm³/mol. The number of ether oxygens (including phenoxy) is 1. The van der Waals surface area contributed by atoms with Gasteiger partial charge in [0.1, 0.15) is 0 Å². The molecule has 0 fully saturated rings. The van der Waals surface area contributed by atoms with Gasteiger partial charge in [-0.1, -0.05) is 6.07 Å². The molecule has 0 aromatic heterocycles. The molecule has 0 spiro atoms. The van der Waals surface area contributed by atoms with E-state index in [1.165, 1.54) is 6.92 Å². The van der Waals surface area contributed by atoms with Crippen molar-refractivity contribution in [2.24, 2.45) is 0 Å². The van der Waals surface area contributed by atoms with E-state index in [-0.39, 0.29) is 25.2 Å². The number of rotatable bonds is 13. The molecule has 0 unspecified atom stereocenters. The summed E-state index contributed by atoms with van der Waals surface area (Å²) in [4.78, 5) is 57.5. The van der Waals surface area contributed by atoms with Crippen LogP contribution in [0.15, 0.2) is 24.3 Å². The molecule has 2 amide bonds. The predicted octanol–water partition coefficient (Wildman–Crippen LogP) is 2.19. The van der Waals surface area contributed by atoms with E-state index in [2.05, 4.69) is 33.2 Å². The van der Waals surface area contributed by atoms with Gasteiger partial charge in [0.2, 0.25) is 6.10 Å². The number of unbranched alkanes of at least 4 members (excludes halogenated alkanes) is 1. The molecule has 0 radical (unpaired) electrons. The molecular formula is C20H25IN2O8. The summed E-state index contributed by atoms with van der Waals surface area (Å²) >= 11 is 2.10. The van der Waals surface area contributed by atoms with E-state index in [4.69, 9.17) is 9.84 Å².